The van der Waals surface area contributed by atoms with E-state index in [1.807, 2.05) is 14.1 Å². The number of aldehydes is 1. The average molecular weight is 316 g/mol. The van der Waals surface area contributed by atoms with Crippen molar-refractivity contribution in [1.29, 1.82) is 5.41 Å². The van der Waals surface area contributed by atoms with E-state index in [9.17, 15) is 4.79 Å². The van der Waals surface area contributed by atoms with Crippen LogP contribution in [0.2, 0.25) is 0 Å². The van der Waals surface area contributed by atoms with Gasteiger partial charge in [-0.3, -0.25) is 4.79 Å². The van der Waals surface area contributed by atoms with Crippen LogP contribution in [0.5, 0.6) is 0 Å². The van der Waals surface area contributed by atoms with E-state index in [1.54, 1.807) is 12.2 Å². The topological polar surface area (TPSA) is 107 Å². The molecule has 1 aliphatic carbocycles. The molecule has 0 amide bonds. The number of hydrogen-bond acceptors (Lipinski definition) is 7. The van der Waals surface area contributed by atoms with Gasteiger partial charge in [0.1, 0.15) is 11.5 Å². The van der Waals surface area contributed by atoms with E-state index in [4.69, 9.17) is 11.1 Å². The zero-order valence-electron chi connectivity index (χ0n) is 13.6. The fourth-order valence-electron chi connectivity index (χ4n) is 2.64. The van der Waals surface area contributed by atoms with Gasteiger partial charge in [0.15, 0.2) is 6.29 Å². The van der Waals surface area contributed by atoms with Gasteiger partial charge in [0, 0.05) is 25.7 Å². The molecule has 0 aromatic heterocycles. The monoisotopic (exact) mass is 316 g/mol. The molecule has 0 spiro atoms. The molecule has 0 saturated heterocycles. The van der Waals surface area contributed by atoms with Gasteiger partial charge in [-0.2, -0.15) is 0 Å². The average Bonchev–Trinajstić information content (AvgIpc) is 2.94. The third-order valence-electron chi connectivity index (χ3n) is 3.89. The fourth-order valence-corrected chi connectivity index (χ4v) is 2.64. The summed E-state index contributed by atoms with van der Waals surface area (Å²) in [5.74, 6) is 0.278. The molecule has 0 saturated carbocycles. The molecule has 124 valence electrons. The highest BCUT2D eigenvalue weighted by Crippen LogP contribution is 2.27. The summed E-state index contributed by atoms with van der Waals surface area (Å²) in [4.78, 5) is 17.8. The summed E-state index contributed by atoms with van der Waals surface area (Å²) in [5.41, 5.74) is 9.21. The molecule has 2 rings (SSSR count). The molecule has 1 aliphatic heterocycles. The van der Waals surface area contributed by atoms with E-state index in [-0.39, 0.29) is 11.5 Å². The van der Waals surface area contributed by atoms with E-state index < -0.39 is 0 Å². The lowest BCUT2D eigenvalue weighted by Gasteiger charge is -2.19. The second kappa shape index (κ2) is 7.73. The van der Waals surface area contributed by atoms with Crippen molar-refractivity contribution >= 4 is 17.7 Å². The quantitative estimate of drug-likeness (QED) is 0.231. The Hall–Kier alpha value is -2.41. The summed E-state index contributed by atoms with van der Waals surface area (Å²) >= 11 is 0. The van der Waals surface area contributed by atoms with Crippen LogP contribution in [0.4, 0.5) is 0 Å². The van der Waals surface area contributed by atoms with Crippen molar-refractivity contribution in [3.05, 3.63) is 34.9 Å². The van der Waals surface area contributed by atoms with Gasteiger partial charge >= 0.3 is 0 Å². The van der Waals surface area contributed by atoms with Crippen molar-refractivity contribution in [3.63, 3.8) is 0 Å². The summed E-state index contributed by atoms with van der Waals surface area (Å²) in [6, 6.07) is 0. The summed E-state index contributed by atoms with van der Waals surface area (Å²) in [7, 11) is 3.85. The molecular formula is C16H24N6O. The highest BCUT2D eigenvalue weighted by Gasteiger charge is 2.27. The predicted molar refractivity (Wildman–Crippen MR) is 92.4 cm³/mol. The van der Waals surface area contributed by atoms with E-state index in [2.05, 4.69) is 20.5 Å². The van der Waals surface area contributed by atoms with Crippen LogP contribution < -0.4 is 16.4 Å². The Bertz CT molecular complexity index is 614. The number of rotatable bonds is 7. The Balaban J connectivity index is 2.22. The molecule has 0 unspecified atom stereocenters. The molecule has 23 heavy (non-hydrogen) atoms. The molecule has 2 aliphatic rings. The van der Waals surface area contributed by atoms with Gasteiger partial charge in [-0.15, -0.1) is 0 Å². The van der Waals surface area contributed by atoms with Gasteiger partial charge in [0.05, 0.1) is 17.1 Å². The largest absolute Gasteiger partial charge is 0.384 e. The first kappa shape index (κ1) is 17.0. The van der Waals surface area contributed by atoms with Crippen molar-refractivity contribution in [2.45, 2.75) is 12.8 Å². The Morgan fingerprint density at radius 2 is 2.26 bits per heavy atom. The molecular weight excluding hydrogens is 292 g/mol. The maximum Gasteiger partial charge on any atom is 0.172 e. The summed E-state index contributed by atoms with van der Waals surface area (Å²) < 4.78 is 0. The minimum Gasteiger partial charge on any atom is -0.384 e. The van der Waals surface area contributed by atoms with Crippen LogP contribution in [0, 0.1) is 5.41 Å². The minimum atomic E-state index is 0.190. The molecule has 0 radical (unpaired) electrons. The SMILES string of the molecule is CNCCCN/C(N)=C(C=O)/N=C1\C=CC(=N)C2=C1N(C)CC2. The van der Waals surface area contributed by atoms with Crippen LogP contribution in [0.3, 0.4) is 0 Å². The van der Waals surface area contributed by atoms with Crippen LogP contribution in [0.15, 0.2) is 39.9 Å². The summed E-state index contributed by atoms with van der Waals surface area (Å²) in [6.45, 7) is 2.39. The molecule has 0 bridgehead atoms. The number of hydrogen-bond donors (Lipinski definition) is 4. The second-order valence-corrected chi connectivity index (χ2v) is 5.54. The van der Waals surface area contributed by atoms with Gasteiger partial charge < -0.3 is 26.7 Å². The molecule has 7 heteroatoms. The van der Waals surface area contributed by atoms with Gasteiger partial charge in [-0.25, -0.2) is 4.99 Å². The maximum absolute atomic E-state index is 11.4. The first-order valence-electron chi connectivity index (χ1n) is 7.72. The molecule has 0 fully saturated rings. The normalized spacial score (nSPS) is 20.0. The van der Waals surface area contributed by atoms with Crippen molar-refractivity contribution in [2.75, 3.05) is 33.7 Å². The maximum atomic E-state index is 11.4. The molecule has 7 nitrogen and oxygen atoms in total. The van der Waals surface area contributed by atoms with Gasteiger partial charge in [0.25, 0.3) is 0 Å². The van der Waals surface area contributed by atoms with Crippen LogP contribution in [-0.2, 0) is 4.79 Å². The zero-order chi connectivity index (χ0) is 16.8. The lowest BCUT2D eigenvalue weighted by molar-refractivity contribution is -0.105. The number of carbonyl (C=O) groups excluding carboxylic acids is 1. The summed E-state index contributed by atoms with van der Waals surface area (Å²) in [5, 5.41) is 14.1. The van der Waals surface area contributed by atoms with Gasteiger partial charge in [0.2, 0.25) is 0 Å². The lowest BCUT2D eigenvalue weighted by Crippen LogP contribution is -2.26. The second-order valence-electron chi connectivity index (χ2n) is 5.54. The highest BCUT2D eigenvalue weighted by atomic mass is 16.1. The standard InChI is InChI=1S/C16H24N6O/c1-19-7-3-8-20-16(18)14(10-23)21-13-5-4-12(17)11-6-9-22(2)15(11)13/h4-5,10,17,19-20H,3,6-9,18H2,1-2H3/b16-14+,17-12?,21-13+. The van der Waals surface area contributed by atoms with Gasteiger partial charge in [-0.1, -0.05) is 0 Å². The third kappa shape index (κ3) is 3.87. The Labute approximate surface area is 136 Å². The number of nitrogens with one attached hydrogen (secondary N) is 3. The zero-order valence-corrected chi connectivity index (χ0v) is 13.6. The molecule has 0 aromatic rings. The molecule has 0 aromatic carbocycles. The number of nitrogens with two attached hydrogens (primary N) is 1. The Morgan fingerprint density at radius 1 is 1.48 bits per heavy atom. The number of allylic oxidation sites excluding steroid dienone is 3. The molecule has 0 atom stereocenters. The lowest BCUT2D eigenvalue weighted by atomic mass is 9.99. The van der Waals surface area contributed by atoms with E-state index in [1.165, 1.54) is 0 Å². The first-order valence-corrected chi connectivity index (χ1v) is 7.72. The number of aliphatic imine (C=N–C) groups is 1. The van der Waals surface area contributed by atoms with Crippen LogP contribution in [0.25, 0.3) is 0 Å². The van der Waals surface area contributed by atoms with Crippen LogP contribution in [0.1, 0.15) is 12.8 Å². The van der Waals surface area contributed by atoms with Crippen LogP contribution in [-0.4, -0.2) is 56.3 Å². The Kier molecular flexibility index (Phi) is 5.70. The molecule has 5 N–H and O–H groups in total. The predicted octanol–water partition coefficient (Wildman–Crippen LogP) is 0.132. The Morgan fingerprint density at radius 3 is 2.96 bits per heavy atom. The first-order chi connectivity index (χ1) is 11.1. The van der Waals surface area contributed by atoms with E-state index >= 15 is 0 Å². The van der Waals surface area contributed by atoms with Crippen molar-refractivity contribution in [3.8, 4) is 0 Å². The number of nitrogens with zero attached hydrogens (tertiary/aromatic N) is 2. The van der Waals surface area contributed by atoms with E-state index in [0.717, 1.165) is 37.2 Å². The number of carbonyl (C=O) groups is 1. The van der Waals surface area contributed by atoms with Crippen molar-refractivity contribution < 1.29 is 4.79 Å². The van der Waals surface area contributed by atoms with Crippen LogP contribution >= 0.6 is 0 Å². The molecule has 1 heterocycles. The smallest absolute Gasteiger partial charge is 0.172 e. The highest BCUT2D eigenvalue weighted by molar-refractivity contribution is 6.23. The van der Waals surface area contributed by atoms with E-state index in [0.29, 0.717) is 24.3 Å². The summed E-state index contributed by atoms with van der Waals surface area (Å²) in [6.07, 6.45) is 5.87. The van der Waals surface area contributed by atoms with Crippen molar-refractivity contribution in [2.24, 2.45) is 10.7 Å². The third-order valence-corrected chi connectivity index (χ3v) is 3.89. The van der Waals surface area contributed by atoms with Crippen molar-refractivity contribution in [1.82, 2.24) is 15.5 Å². The fraction of sp³-hybridized carbons (Fsp3) is 0.438. The van der Waals surface area contributed by atoms with Gasteiger partial charge in [-0.05, 0) is 38.6 Å². The minimum absolute atomic E-state index is 0.190.